The molecule has 0 aliphatic carbocycles. The van der Waals surface area contributed by atoms with Gasteiger partial charge in [-0.2, -0.15) is 0 Å². The predicted molar refractivity (Wildman–Crippen MR) is 106 cm³/mol. The summed E-state index contributed by atoms with van der Waals surface area (Å²) in [5.74, 6) is -0.0697. The van der Waals surface area contributed by atoms with Crippen LogP contribution in [0.15, 0.2) is 12.2 Å². The largest absolute Gasteiger partial charge is 0.388 e. The number of carbonyl (C=O) groups is 1. The van der Waals surface area contributed by atoms with Gasteiger partial charge in [-0.05, 0) is 19.6 Å². The topological polar surface area (TPSA) is 120 Å². The summed E-state index contributed by atoms with van der Waals surface area (Å²) in [6.45, 7) is 2.83. The van der Waals surface area contributed by atoms with Crippen LogP contribution >= 0.6 is 23.4 Å². The van der Waals surface area contributed by atoms with Crippen LogP contribution in [-0.4, -0.2) is 94.1 Å². The Hall–Kier alpha value is -0.390. The maximum atomic E-state index is 13.0. The molecule has 0 bridgehead atoms. The SMILES string of the molecule is CSC1OC([C@H](NC(=O)[C@H]2NC[C@@H]3CC=CCO[C@@H]32)[C@H](C)Cl)C(O)C(O)C1O. The van der Waals surface area contributed by atoms with Crippen molar-refractivity contribution in [3.8, 4) is 0 Å². The Morgan fingerprint density at radius 3 is 2.71 bits per heavy atom. The van der Waals surface area contributed by atoms with Crippen molar-refractivity contribution in [3.05, 3.63) is 12.2 Å². The fourth-order valence-corrected chi connectivity index (χ4v) is 4.94. The fraction of sp³-hybridized carbons (Fsp3) is 0.833. The number of rotatable bonds is 5. The molecule has 3 aliphatic rings. The minimum atomic E-state index is -1.39. The molecule has 0 spiro atoms. The van der Waals surface area contributed by atoms with Crippen LogP contribution in [0.2, 0.25) is 0 Å². The monoisotopic (exact) mass is 436 g/mol. The van der Waals surface area contributed by atoms with Crippen LogP contribution in [0.1, 0.15) is 13.3 Å². The van der Waals surface area contributed by atoms with E-state index in [1.165, 1.54) is 11.8 Å². The zero-order valence-corrected chi connectivity index (χ0v) is 17.5. The van der Waals surface area contributed by atoms with Gasteiger partial charge in [0.05, 0.1) is 24.1 Å². The van der Waals surface area contributed by atoms with Crippen LogP contribution in [0.5, 0.6) is 0 Å². The van der Waals surface area contributed by atoms with Crippen molar-refractivity contribution in [2.24, 2.45) is 5.92 Å². The van der Waals surface area contributed by atoms with Gasteiger partial charge in [0.1, 0.15) is 35.9 Å². The van der Waals surface area contributed by atoms with Crippen molar-refractivity contribution in [2.45, 2.75) is 66.8 Å². The van der Waals surface area contributed by atoms with Crippen LogP contribution < -0.4 is 10.6 Å². The average Bonchev–Trinajstić information content (AvgIpc) is 2.93. The first kappa shape index (κ1) is 22.3. The molecule has 8 nitrogen and oxygen atoms in total. The molecule has 1 amide bonds. The van der Waals surface area contributed by atoms with Crippen LogP contribution in [0.3, 0.4) is 0 Å². The summed E-state index contributed by atoms with van der Waals surface area (Å²) in [6.07, 6.45) is 1.39. The van der Waals surface area contributed by atoms with Gasteiger partial charge in [0.15, 0.2) is 0 Å². The third-order valence-corrected chi connectivity index (χ3v) is 6.79. The molecule has 0 aromatic carbocycles. The Morgan fingerprint density at radius 1 is 1.29 bits per heavy atom. The second-order valence-corrected chi connectivity index (χ2v) is 9.16. The first-order chi connectivity index (χ1) is 13.3. The van der Waals surface area contributed by atoms with E-state index < -0.39 is 47.3 Å². The number of carbonyl (C=O) groups excluding carboxylic acids is 1. The number of aliphatic hydroxyl groups is 3. The molecule has 5 unspecified atom stereocenters. The molecule has 3 aliphatic heterocycles. The molecular formula is C18H29ClN2O6S. The Balaban J connectivity index is 1.71. The summed E-state index contributed by atoms with van der Waals surface area (Å²) in [5, 5.41) is 36.2. The van der Waals surface area contributed by atoms with Gasteiger partial charge in [-0.3, -0.25) is 4.79 Å². The average molecular weight is 437 g/mol. The second kappa shape index (κ2) is 9.61. The molecule has 28 heavy (non-hydrogen) atoms. The highest BCUT2D eigenvalue weighted by Gasteiger charge is 2.49. The highest BCUT2D eigenvalue weighted by atomic mass is 35.5. The maximum absolute atomic E-state index is 13.0. The summed E-state index contributed by atoms with van der Waals surface area (Å²) in [7, 11) is 0. The molecule has 5 N–H and O–H groups in total. The van der Waals surface area contributed by atoms with E-state index in [1.54, 1.807) is 13.2 Å². The van der Waals surface area contributed by atoms with E-state index in [4.69, 9.17) is 21.1 Å². The van der Waals surface area contributed by atoms with Gasteiger partial charge in [-0.1, -0.05) is 12.2 Å². The normalized spacial score (nSPS) is 43.1. The Kier molecular flexibility index (Phi) is 7.66. The number of fused-ring (bicyclic) bond motifs is 1. The molecule has 0 radical (unpaired) electrons. The quantitative estimate of drug-likeness (QED) is 0.281. The third-order valence-electron chi connectivity index (χ3n) is 5.66. The standard InChI is InChI=1S/C18H29ClN2O6S/c1-8(19)10(16-13(23)12(22)14(24)18(27-16)28-2)21-17(25)11-15-9(7-20-11)5-3-4-6-26-15/h3-4,8-16,18,20,22-24H,5-7H2,1-2H3,(H,21,25)/t8-,9-,10+,11-,12?,13?,14?,15-,16?,18?/m0/s1. The summed E-state index contributed by atoms with van der Waals surface area (Å²) in [4.78, 5) is 13.0. The van der Waals surface area contributed by atoms with Crippen LogP contribution in [0.25, 0.3) is 0 Å². The van der Waals surface area contributed by atoms with Crippen molar-refractivity contribution in [1.29, 1.82) is 0 Å². The van der Waals surface area contributed by atoms with E-state index in [0.29, 0.717) is 13.2 Å². The number of hydrogen-bond acceptors (Lipinski definition) is 8. The lowest BCUT2D eigenvalue weighted by molar-refractivity contribution is -0.205. The zero-order valence-electron chi connectivity index (χ0n) is 15.9. The third kappa shape index (κ3) is 4.52. The Morgan fingerprint density at radius 2 is 2.04 bits per heavy atom. The molecule has 2 saturated heterocycles. The highest BCUT2D eigenvalue weighted by Crippen LogP contribution is 2.31. The van der Waals surface area contributed by atoms with E-state index >= 15 is 0 Å². The van der Waals surface area contributed by atoms with Crippen LogP contribution in [0.4, 0.5) is 0 Å². The number of nitrogens with one attached hydrogen (secondary N) is 2. The zero-order chi connectivity index (χ0) is 20.4. The predicted octanol–water partition coefficient (Wildman–Crippen LogP) is -0.798. The van der Waals surface area contributed by atoms with Gasteiger partial charge in [-0.25, -0.2) is 0 Å². The van der Waals surface area contributed by atoms with Crippen molar-refractivity contribution in [3.63, 3.8) is 0 Å². The summed E-state index contributed by atoms with van der Waals surface area (Å²) < 4.78 is 11.6. The lowest BCUT2D eigenvalue weighted by atomic mass is 9.92. The summed E-state index contributed by atoms with van der Waals surface area (Å²) in [5.41, 5.74) is -0.733. The van der Waals surface area contributed by atoms with Crippen LogP contribution in [0, 0.1) is 5.92 Å². The van der Waals surface area contributed by atoms with E-state index in [0.717, 1.165) is 6.42 Å². The van der Waals surface area contributed by atoms with Gasteiger partial charge in [0.25, 0.3) is 0 Å². The molecule has 160 valence electrons. The van der Waals surface area contributed by atoms with E-state index in [2.05, 4.69) is 16.7 Å². The molecule has 0 aromatic heterocycles. The first-order valence-electron chi connectivity index (χ1n) is 9.52. The van der Waals surface area contributed by atoms with Gasteiger partial charge in [0, 0.05) is 12.5 Å². The number of thioether (sulfide) groups is 1. The molecule has 0 aromatic rings. The van der Waals surface area contributed by atoms with E-state index in [-0.39, 0.29) is 17.9 Å². The minimum Gasteiger partial charge on any atom is -0.388 e. The van der Waals surface area contributed by atoms with Crippen molar-refractivity contribution in [2.75, 3.05) is 19.4 Å². The highest BCUT2D eigenvalue weighted by molar-refractivity contribution is 7.99. The Bertz CT molecular complexity index is 580. The number of alkyl halides is 1. The van der Waals surface area contributed by atoms with Crippen LogP contribution in [-0.2, 0) is 14.3 Å². The number of allylic oxidation sites excluding steroid dienone is 1. The molecule has 0 saturated carbocycles. The number of hydrogen-bond donors (Lipinski definition) is 5. The second-order valence-electron chi connectivity index (χ2n) is 7.54. The molecule has 10 atom stereocenters. The Labute approximate surface area is 174 Å². The molecule has 3 heterocycles. The minimum absolute atomic E-state index is 0.218. The summed E-state index contributed by atoms with van der Waals surface area (Å²) in [6, 6.07) is -1.29. The molecule has 2 fully saturated rings. The lowest BCUT2D eigenvalue weighted by Gasteiger charge is -2.44. The van der Waals surface area contributed by atoms with Crippen molar-refractivity contribution >= 4 is 29.3 Å². The van der Waals surface area contributed by atoms with Gasteiger partial charge < -0.3 is 35.4 Å². The van der Waals surface area contributed by atoms with Crippen molar-refractivity contribution < 1.29 is 29.6 Å². The molecule has 3 rings (SSSR count). The van der Waals surface area contributed by atoms with Gasteiger partial charge in [-0.15, -0.1) is 23.4 Å². The number of ether oxygens (including phenoxy) is 2. The number of amides is 1. The first-order valence-corrected chi connectivity index (χ1v) is 11.2. The summed E-state index contributed by atoms with van der Waals surface area (Å²) >= 11 is 7.53. The number of aliphatic hydroxyl groups excluding tert-OH is 3. The van der Waals surface area contributed by atoms with E-state index in [1.807, 2.05) is 6.08 Å². The smallest absolute Gasteiger partial charge is 0.240 e. The molecule has 10 heteroatoms. The number of halogens is 1. The van der Waals surface area contributed by atoms with Gasteiger partial charge >= 0.3 is 0 Å². The van der Waals surface area contributed by atoms with E-state index in [9.17, 15) is 20.1 Å². The molecular weight excluding hydrogens is 408 g/mol. The fourth-order valence-electron chi connectivity index (χ4n) is 4.06. The maximum Gasteiger partial charge on any atom is 0.240 e. The van der Waals surface area contributed by atoms with Gasteiger partial charge in [0.2, 0.25) is 5.91 Å². The van der Waals surface area contributed by atoms with Crippen molar-refractivity contribution in [1.82, 2.24) is 10.6 Å². The lowest BCUT2D eigenvalue weighted by Crippen LogP contribution is -2.65.